The average Bonchev–Trinajstić information content (AvgIpc) is 3.06. The molecule has 13 heteroatoms. The van der Waals surface area contributed by atoms with Crippen molar-refractivity contribution in [2.45, 2.75) is 20.0 Å². The van der Waals surface area contributed by atoms with E-state index in [0.717, 1.165) is 16.9 Å². The monoisotopic (exact) mass is 455 g/mol. The number of carboxylic acids is 1. The van der Waals surface area contributed by atoms with Gasteiger partial charge in [0.1, 0.15) is 5.82 Å². The van der Waals surface area contributed by atoms with Crippen LogP contribution in [-0.2, 0) is 4.79 Å². The predicted molar refractivity (Wildman–Crippen MR) is 108 cm³/mol. The summed E-state index contributed by atoms with van der Waals surface area (Å²) in [5.74, 6) is 0.110. The fraction of sp³-hybridized carbons (Fsp3) is 0.263. The minimum absolute atomic E-state index is 0.436. The normalized spacial score (nSPS) is 10.6. The third-order valence-corrected chi connectivity index (χ3v) is 3.94. The number of methoxy groups -OCH3 is 2. The molecule has 3 rings (SSSR count). The lowest BCUT2D eigenvalue weighted by molar-refractivity contribution is -0.192. The van der Waals surface area contributed by atoms with Crippen molar-refractivity contribution in [2.75, 3.05) is 24.9 Å². The molecule has 0 bridgehead atoms. The largest absolute Gasteiger partial charge is 0.493 e. The molecule has 0 aliphatic heterocycles. The van der Waals surface area contributed by atoms with E-state index in [2.05, 4.69) is 25.8 Å². The van der Waals surface area contributed by atoms with Crippen molar-refractivity contribution in [3.63, 3.8) is 0 Å². The minimum Gasteiger partial charge on any atom is -0.493 e. The second-order valence-electron chi connectivity index (χ2n) is 6.11. The van der Waals surface area contributed by atoms with Gasteiger partial charge in [-0.15, -0.1) is 0 Å². The first-order chi connectivity index (χ1) is 15.0. The van der Waals surface area contributed by atoms with E-state index in [0.29, 0.717) is 29.1 Å². The maximum atomic E-state index is 10.6. The van der Waals surface area contributed by atoms with Gasteiger partial charge in [-0.1, -0.05) is 5.16 Å². The van der Waals surface area contributed by atoms with Gasteiger partial charge in [0.2, 0.25) is 11.8 Å². The summed E-state index contributed by atoms with van der Waals surface area (Å²) < 4.78 is 47.5. The molecule has 0 unspecified atom stereocenters. The summed E-state index contributed by atoms with van der Waals surface area (Å²) >= 11 is 0. The molecule has 0 spiro atoms. The number of carboxylic acid groups (broad SMARTS) is 1. The molecule has 10 nitrogen and oxygen atoms in total. The molecule has 1 aromatic carbocycles. The molecule has 3 N–H and O–H groups in total. The average molecular weight is 455 g/mol. The van der Waals surface area contributed by atoms with Crippen LogP contribution in [0.15, 0.2) is 35.0 Å². The molecule has 3 aromatic rings. The number of benzene rings is 1. The number of anilines is 4. The predicted octanol–water partition coefficient (Wildman–Crippen LogP) is 4.22. The molecule has 0 saturated heterocycles. The van der Waals surface area contributed by atoms with E-state index in [-0.39, 0.29) is 0 Å². The molecule has 2 heterocycles. The molecular formula is C19H20F3N5O5. The highest BCUT2D eigenvalue weighted by molar-refractivity contribution is 5.73. The minimum atomic E-state index is -5.08. The number of hydrogen-bond acceptors (Lipinski definition) is 9. The number of hydrogen-bond donors (Lipinski definition) is 3. The Kier molecular flexibility index (Phi) is 7.82. The Morgan fingerprint density at radius 1 is 1.09 bits per heavy atom. The van der Waals surface area contributed by atoms with Crippen LogP contribution in [0, 0.1) is 13.8 Å². The maximum Gasteiger partial charge on any atom is 0.490 e. The first kappa shape index (κ1) is 24.2. The van der Waals surface area contributed by atoms with Crippen molar-refractivity contribution in [3.05, 3.63) is 41.7 Å². The van der Waals surface area contributed by atoms with Crippen molar-refractivity contribution in [1.82, 2.24) is 15.1 Å². The Morgan fingerprint density at radius 3 is 2.28 bits per heavy atom. The molecule has 0 saturated carbocycles. The lowest BCUT2D eigenvalue weighted by Crippen LogP contribution is -2.21. The lowest BCUT2D eigenvalue weighted by atomic mass is 10.3. The molecule has 0 amide bonds. The van der Waals surface area contributed by atoms with Gasteiger partial charge >= 0.3 is 12.1 Å². The van der Waals surface area contributed by atoms with E-state index in [1.54, 1.807) is 26.5 Å². The van der Waals surface area contributed by atoms with Crippen LogP contribution in [0.4, 0.5) is 36.5 Å². The molecule has 0 atom stereocenters. The smallest absolute Gasteiger partial charge is 0.490 e. The summed E-state index contributed by atoms with van der Waals surface area (Å²) in [6.07, 6.45) is -3.43. The first-order valence-electron chi connectivity index (χ1n) is 8.87. The zero-order chi connectivity index (χ0) is 23.9. The second-order valence-corrected chi connectivity index (χ2v) is 6.11. The Balaban J connectivity index is 0.000000451. The van der Waals surface area contributed by atoms with Gasteiger partial charge in [0.05, 0.1) is 19.9 Å². The van der Waals surface area contributed by atoms with Gasteiger partial charge in [0.15, 0.2) is 11.5 Å². The topological polar surface area (TPSA) is 132 Å². The molecule has 2 aromatic heterocycles. The molecule has 0 radical (unpaired) electrons. The van der Waals surface area contributed by atoms with Crippen LogP contribution < -0.4 is 20.1 Å². The van der Waals surface area contributed by atoms with Gasteiger partial charge in [-0.2, -0.15) is 18.2 Å². The summed E-state index contributed by atoms with van der Waals surface area (Å²) in [7, 11) is 3.18. The van der Waals surface area contributed by atoms with Crippen molar-refractivity contribution in [3.8, 4) is 11.5 Å². The van der Waals surface area contributed by atoms with Gasteiger partial charge in [-0.3, -0.25) is 0 Å². The van der Waals surface area contributed by atoms with Crippen LogP contribution in [0.1, 0.15) is 11.3 Å². The molecular weight excluding hydrogens is 435 g/mol. The quantitative estimate of drug-likeness (QED) is 0.496. The molecule has 172 valence electrons. The fourth-order valence-corrected chi connectivity index (χ4v) is 2.18. The van der Waals surface area contributed by atoms with Crippen LogP contribution in [0.5, 0.6) is 11.5 Å². The van der Waals surface area contributed by atoms with Crippen LogP contribution in [0.25, 0.3) is 0 Å². The Hall–Kier alpha value is -4.03. The number of aromatic nitrogens is 3. The second kappa shape index (κ2) is 10.3. The lowest BCUT2D eigenvalue weighted by Gasteiger charge is -2.11. The highest BCUT2D eigenvalue weighted by Gasteiger charge is 2.38. The number of aliphatic carboxylic acids is 1. The Bertz CT molecular complexity index is 1070. The van der Waals surface area contributed by atoms with E-state index in [4.69, 9.17) is 23.9 Å². The van der Waals surface area contributed by atoms with Crippen LogP contribution >= 0.6 is 0 Å². The Labute approximate surface area is 180 Å². The highest BCUT2D eigenvalue weighted by atomic mass is 19.4. The van der Waals surface area contributed by atoms with Gasteiger partial charge in [0, 0.05) is 23.5 Å². The zero-order valence-corrected chi connectivity index (χ0v) is 17.4. The van der Waals surface area contributed by atoms with Crippen molar-refractivity contribution in [2.24, 2.45) is 0 Å². The van der Waals surface area contributed by atoms with E-state index < -0.39 is 12.1 Å². The van der Waals surface area contributed by atoms with Crippen LogP contribution in [-0.4, -0.2) is 46.6 Å². The summed E-state index contributed by atoms with van der Waals surface area (Å²) in [6, 6.07) is 7.22. The summed E-state index contributed by atoms with van der Waals surface area (Å²) in [5.41, 5.74) is 2.55. The number of nitrogens with one attached hydrogen (secondary N) is 2. The number of carbonyl (C=O) groups is 1. The molecule has 32 heavy (non-hydrogen) atoms. The highest BCUT2D eigenvalue weighted by Crippen LogP contribution is 2.30. The molecule has 0 aliphatic rings. The Morgan fingerprint density at radius 2 is 1.75 bits per heavy atom. The SMILES string of the molecule is COc1ccc(Nc2nccc(Nc3onc(C)c3C)n2)cc1OC.O=C(O)C(F)(F)F. The molecule has 0 fully saturated rings. The van der Waals surface area contributed by atoms with E-state index in [1.165, 1.54) is 0 Å². The first-order valence-corrected chi connectivity index (χ1v) is 8.87. The third-order valence-electron chi connectivity index (χ3n) is 3.94. The summed E-state index contributed by atoms with van der Waals surface area (Å²) in [5, 5.41) is 17.3. The number of alkyl halides is 3. The number of aryl methyl sites for hydroxylation is 1. The van der Waals surface area contributed by atoms with Gasteiger partial charge < -0.3 is 29.7 Å². The van der Waals surface area contributed by atoms with Gasteiger partial charge in [-0.05, 0) is 32.0 Å². The zero-order valence-electron chi connectivity index (χ0n) is 17.4. The summed E-state index contributed by atoms with van der Waals surface area (Å²) in [4.78, 5) is 17.5. The maximum absolute atomic E-state index is 10.6. The number of nitrogens with zero attached hydrogens (tertiary/aromatic N) is 3. The van der Waals surface area contributed by atoms with Gasteiger partial charge in [-0.25, -0.2) is 9.78 Å². The van der Waals surface area contributed by atoms with E-state index in [9.17, 15) is 13.2 Å². The number of halogens is 3. The van der Waals surface area contributed by atoms with E-state index >= 15 is 0 Å². The molecule has 0 aliphatic carbocycles. The van der Waals surface area contributed by atoms with Crippen molar-refractivity contribution < 1.29 is 37.1 Å². The number of rotatable bonds is 6. The van der Waals surface area contributed by atoms with Crippen molar-refractivity contribution >= 4 is 29.3 Å². The van der Waals surface area contributed by atoms with Crippen LogP contribution in [0.2, 0.25) is 0 Å². The van der Waals surface area contributed by atoms with E-state index in [1.807, 2.05) is 32.0 Å². The third kappa shape index (κ3) is 6.48. The number of ether oxygens (including phenoxy) is 2. The van der Waals surface area contributed by atoms with Crippen molar-refractivity contribution in [1.29, 1.82) is 0 Å². The summed E-state index contributed by atoms with van der Waals surface area (Å²) in [6.45, 7) is 3.81. The van der Waals surface area contributed by atoms with Gasteiger partial charge in [0.25, 0.3) is 0 Å². The standard InChI is InChI=1S/C17H19N5O3.C2HF3O2/c1-10-11(2)22-25-16(10)20-15-7-8-18-17(21-15)19-12-5-6-13(23-3)14(9-12)24-4;3-2(4,5)1(6)7/h5-9H,1-4H3,(H2,18,19,20,21);(H,6,7). The fourth-order valence-electron chi connectivity index (χ4n) is 2.18. The van der Waals surface area contributed by atoms with Crippen LogP contribution in [0.3, 0.4) is 0 Å².